The van der Waals surface area contributed by atoms with Crippen LogP contribution in [0.2, 0.25) is 0 Å². The molecule has 0 saturated carbocycles. The van der Waals surface area contributed by atoms with E-state index in [0.29, 0.717) is 0 Å². The first-order valence-corrected chi connectivity index (χ1v) is 6.51. The molecule has 3 rings (SSSR count). The van der Waals surface area contributed by atoms with E-state index in [4.69, 9.17) is 5.73 Å². The number of anilines is 1. The molecule has 20 heavy (non-hydrogen) atoms. The number of hydrogen-bond acceptors (Lipinski definition) is 3. The van der Waals surface area contributed by atoms with Gasteiger partial charge in [-0.3, -0.25) is 4.57 Å². The molecular formula is C16H16N4. The molecule has 0 atom stereocenters. The van der Waals surface area contributed by atoms with E-state index in [0.717, 1.165) is 34.2 Å². The Morgan fingerprint density at radius 2 is 1.70 bits per heavy atom. The fourth-order valence-corrected chi connectivity index (χ4v) is 2.30. The minimum atomic E-state index is 0.728. The van der Waals surface area contributed by atoms with E-state index in [1.165, 1.54) is 0 Å². The van der Waals surface area contributed by atoms with Crippen molar-refractivity contribution >= 4 is 5.69 Å². The Morgan fingerprint density at radius 1 is 0.950 bits per heavy atom. The van der Waals surface area contributed by atoms with E-state index in [2.05, 4.69) is 10.2 Å². The van der Waals surface area contributed by atoms with Gasteiger partial charge < -0.3 is 5.73 Å². The third-order valence-corrected chi connectivity index (χ3v) is 3.34. The van der Waals surface area contributed by atoms with Gasteiger partial charge in [0.1, 0.15) is 5.82 Å². The molecule has 2 aromatic carbocycles. The van der Waals surface area contributed by atoms with Crippen molar-refractivity contribution in [3.63, 3.8) is 0 Å². The number of aromatic nitrogens is 3. The van der Waals surface area contributed by atoms with Crippen LogP contribution in [0.5, 0.6) is 0 Å². The van der Waals surface area contributed by atoms with Crippen LogP contribution in [0, 0.1) is 13.8 Å². The molecule has 1 aromatic heterocycles. The lowest BCUT2D eigenvalue weighted by molar-refractivity contribution is 0.971. The molecule has 0 aliphatic rings. The molecule has 0 aliphatic carbocycles. The first-order valence-electron chi connectivity index (χ1n) is 6.51. The second-order valence-electron chi connectivity index (χ2n) is 4.82. The predicted octanol–water partition coefficient (Wildman–Crippen LogP) is 3.13. The highest BCUT2D eigenvalue weighted by molar-refractivity contribution is 5.67. The number of nitrogen functional groups attached to an aromatic ring is 1. The minimum absolute atomic E-state index is 0.728. The summed E-state index contributed by atoms with van der Waals surface area (Å²) in [6, 6.07) is 15.9. The lowest BCUT2D eigenvalue weighted by atomic mass is 10.1. The monoisotopic (exact) mass is 264 g/mol. The lowest BCUT2D eigenvalue weighted by Crippen LogP contribution is -2.01. The van der Waals surface area contributed by atoms with Crippen LogP contribution in [0.4, 0.5) is 5.69 Å². The number of nitrogens with zero attached hydrogens (tertiary/aromatic N) is 3. The molecule has 0 spiro atoms. The molecular weight excluding hydrogens is 248 g/mol. The topological polar surface area (TPSA) is 56.7 Å². The summed E-state index contributed by atoms with van der Waals surface area (Å²) in [7, 11) is 0. The predicted molar refractivity (Wildman–Crippen MR) is 80.7 cm³/mol. The maximum atomic E-state index is 5.90. The summed E-state index contributed by atoms with van der Waals surface area (Å²) in [6.07, 6.45) is 0. The minimum Gasteiger partial charge on any atom is -0.399 e. The average Bonchev–Trinajstić information content (AvgIpc) is 2.84. The van der Waals surface area contributed by atoms with Crippen LogP contribution in [-0.4, -0.2) is 14.8 Å². The first kappa shape index (κ1) is 12.4. The molecule has 2 N–H and O–H groups in total. The van der Waals surface area contributed by atoms with Gasteiger partial charge in [-0.2, -0.15) is 0 Å². The Labute approximate surface area is 117 Å². The fraction of sp³-hybridized carbons (Fsp3) is 0.125. The second kappa shape index (κ2) is 4.81. The van der Waals surface area contributed by atoms with Gasteiger partial charge in [0, 0.05) is 16.9 Å². The van der Waals surface area contributed by atoms with Crippen LogP contribution in [0.25, 0.3) is 17.1 Å². The normalized spacial score (nSPS) is 10.7. The van der Waals surface area contributed by atoms with Gasteiger partial charge in [0.15, 0.2) is 5.82 Å². The molecule has 0 radical (unpaired) electrons. The highest BCUT2D eigenvalue weighted by Gasteiger charge is 2.14. The molecule has 0 bridgehead atoms. The van der Waals surface area contributed by atoms with Crippen molar-refractivity contribution in [2.24, 2.45) is 0 Å². The Morgan fingerprint density at radius 3 is 2.45 bits per heavy atom. The van der Waals surface area contributed by atoms with Gasteiger partial charge in [-0.1, -0.05) is 24.3 Å². The fourth-order valence-electron chi connectivity index (χ4n) is 2.30. The number of benzene rings is 2. The van der Waals surface area contributed by atoms with Gasteiger partial charge >= 0.3 is 0 Å². The van der Waals surface area contributed by atoms with Crippen LogP contribution in [0.1, 0.15) is 11.4 Å². The van der Waals surface area contributed by atoms with E-state index >= 15 is 0 Å². The number of rotatable bonds is 2. The molecule has 0 unspecified atom stereocenters. The van der Waals surface area contributed by atoms with Gasteiger partial charge in [0.05, 0.1) is 0 Å². The van der Waals surface area contributed by atoms with Crippen molar-refractivity contribution in [2.45, 2.75) is 13.8 Å². The molecule has 4 heteroatoms. The van der Waals surface area contributed by atoms with Crippen molar-refractivity contribution in [2.75, 3.05) is 5.73 Å². The lowest BCUT2D eigenvalue weighted by Gasteiger charge is -2.11. The number of para-hydroxylation sites is 1. The third-order valence-electron chi connectivity index (χ3n) is 3.34. The molecule has 0 aliphatic heterocycles. The zero-order valence-electron chi connectivity index (χ0n) is 11.5. The maximum Gasteiger partial charge on any atom is 0.168 e. The number of hydrogen-bond donors (Lipinski definition) is 1. The highest BCUT2D eigenvalue weighted by Crippen LogP contribution is 2.27. The highest BCUT2D eigenvalue weighted by atomic mass is 15.3. The summed E-state index contributed by atoms with van der Waals surface area (Å²) in [6.45, 7) is 4.00. The van der Waals surface area contributed by atoms with Gasteiger partial charge in [-0.25, -0.2) is 0 Å². The van der Waals surface area contributed by atoms with Gasteiger partial charge in [-0.15, -0.1) is 10.2 Å². The van der Waals surface area contributed by atoms with Crippen molar-refractivity contribution in [1.82, 2.24) is 14.8 Å². The summed E-state index contributed by atoms with van der Waals surface area (Å²) in [5.41, 5.74) is 9.82. The Kier molecular flexibility index (Phi) is 2.99. The Bertz CT molecular complexity index is 744. The van der Waals surface area contributed by atoms with Crippen LogP contribution >= 0.6 is 0 Å². The van der Waals surface area contributed by atoms with E-state index in [1.807, 2.05) is 66.9 Å². The molecule has 0 fully saturated rings. The van der Waals surface area contributed by atoms with Crippen LogP contribution in [0.3, 0.4) is 0 Å². The van der Waals surface area contributed by atoms with Crippen molar-refractivity contribution < 1.29 is 0 Å². The quantitative estimate of drug-likeness (QED) is 0.723. The Balaban J connectivity index is 2.24. The molecule has 3 aromatic rings. The van der Waals surface area contributed by atoms with E-state index in [9.17, 15) is 0 Å². The van der Waals surface area contributed by atoms with E-state index < -0.39 is 0 Å². The summed E-state index contributed by atoms with van der Waals surface area (Å²) < 4.78 is 2.04. The molecule has 1 heterocycles. The smallest absolute Gasteiger partial charge is 0.168 e. The first-order chi connectivity index (χ1) is 9.66. The summed E-state index contributed by atoms with van der Waals surface area (Å²) in [5, 5.41) is 8.53. The number of nitrogens with two attached hydrogens (primary N) is 1. The molecule has 100 valence electrons. The van der Waals surface area contributed by atoms with Gasteiger partial charge in [-0.05, 0) is 43.7 Å². The van der Waals surface area contributed by atoms with E-state index in [-0.39, 0.29) is 0 Å². The number of aryl methyl sites for hydroxylation is 2. The van der Waals surface area contributed by atoms with Crippen molar-refractivity contribution in [3.8, 4) is 17.1 Å². The van der Waals surface area contributed by atoms with Crippen LogP contribution in [-0.2, 0) is 0 Å². The van der Waals surface area contributed by atoms with Crippen LogP contribution < -0.4 is 5.73 Å². The Hall–Kier alpha value is -2.62. The summed E-state index contributed by atoms with van der Waals surface area (Å²) in [4.78, 5) is 0. The van der Waals surface area contributed by atoms with Crippen molar-refractivity contribution in [1.29, 1.82) is 0 Å². The second-order valence-corrected chi connectivity index (χ2v) is 4.82. The third kappa shape index (κ3) is 2.05. The van der Waals surface area contributed by atoms with E-state index in [1.54, 1.807) is 0 Å². The molecule has 0 saturated heterocycles. The standard InChI is InChI=1S/C16H16N4/c1-11-8-9-13(17)10-15(11)16-19-18-12(2)20(16)14-6-4-3-5-7-14/h3-10H,17H2,1-2H3. The largest absolute Gasteiger partial charge is 0.399 e. The van der Waals surface area contributed by atoms with Gasteiger partial charge in [0.2, 0.25) is 0 Å². The van der Waals surface area contributed by atoms with Crippen LogP contribution in [0.15, 0.2) is 48.5 Å². The molecule has 4 nitrogen and oxygen atoms in total. The zero-order chi connectivity index (χ0) is 14.1. The SMILES string of the molecule is Cc1ccc(N)cc1-c1nnc(C)n1-c1ccccc1. The average molecular weight is 264 g/mol. The molecule has 0 amide bonds. The summed E-state index contributed by atoms with van der Waals surface area (Å²) >= 11 is 0. The van der Waals surface area contributed by atoms with Crippen molar-refractivity contribution in [3.05, 3.63) is 59.9 Å². The summed E-state index contributed by atoms with van der Waals surface area (Å²) in [5.74, 6) is 1.67. The van der Waals surface area contributed by atoms with Gasteiger partial charge in [0.25, 0.3) is 0 Å². The zero-order valence-corrected chi connectivity index (χ0v) is 11.5. The maximum absolute atomic E-state index is 5.90.